The molecule has 4 aromatic carbocycles. The highest BCUT2D eigenvalue weighted by Crippen LogP contribution is 2.34. The van der Waals surface area contributed by atoms with Gasteiger partial charge in [-0.25, -0.2) is 0 Å². The molecule has 1 unspecified atom stereocenters. The highest BCUT2D eigenvalue weighted by molar-refractivity contribution is 6.20. The van der Waals surface area contributed by atoms with Gasteiger partial charge in [-0.15, -0.1) is 0 Å². The van der Waals surface area contributed by atoms with Crippen LogP contribution >= 0.6 is 0 Å². The van der Waals surface area contributed by atoms with Crippen molar-refractivity contribution in [2.45, 2.75) is 12.8 Å². The number of benzene rings is 4. The van der Waals surface area contributed by atoms with Crippen molar-refractivity contribution in [1.82, 2.24) is 0 Å². The van der Waals surface area contributed by atoms with Crippen LogP contribution in [0.5, 0.6) is 0 Å². The largest absolute Gasteiger partial charge is 0.293 e. The summed E-state index contributed by atoms with van der Waals surface area (Å²) in [6, 6.07) is 33.8. The first-order valence-corrected chi connectivity index (χ1v) is 10.9. The number of hydrogen-bond donors (Lipinski definition) is 0. The van der Waals surface area contributed by atoms with Crippen LogP contribution in [0.4, 0.5) is 0 Å². The molecule has 0 aliphatic rings. The molecule has 0 aliphatic heterocycles. The van der Waals surface area contributed by atoms with E-state index in [-0.39, 0.29) is 17.3 Å². The Kier molecular flexibility index (Phi) is 6.70. The van der Waals surface area contributed by atoms with E-state index in [1.54, 1.807) is 72.8 Å². The lowest BCUT2D eigenvalue weighted by molar-refractivity contribution is 0.0732. The third kappa shape index (κ3) is 4.88. The second kappa shape index (κ2) is 10.0. The molecule has 0 heterocycles. The molecule has 3 heteroatoms. The maximum Gasteiger partial charge on any atom is 0.174 e. The average Bonchev–Trinajstić information content (AvgIpc) is 2.88. The van der Waals surface area contributed by atoms with E-state index in [4.69, 9.17) is 0 Å². The van der Waals surface area contributed by atoms with Crippen molar-refractivity contribution in [2.24, 2.45) is 5.92 Å². The van der Waals surface area contributed by atoms with Gasteiger partial charge in [0.15, 0.2) is 17.3 Å². The van der Waals surface area contributed by atoms with Gasteiger partial charge in [-0.3, -0.25) is 14.4 Å². The summed E-state index contributed by atoms with van der Waals surface area (Å²) < 4.78 is 0. The average molecular weight is 433 g/mol. The van der Waals surface area contributed by atoms with Crippen LogP contribution in [0.3, 0.4) is 0 Å². The zero-order valence-electron chi connectivity index (χ0n) is 18.3. The molecule has 0 saturated carbocycles. The quantitative estimate of drug-likeness (QED) is 0.241. The van der Waals surface area contributed by atoms with Crippen molar-refractivity contribution >= 4 is 17.3 Å². The highest BCUT2D eigenvalue weighted by Gasteiger charge is 2.41. The van der Waals surface area contributed by atoms with Crippen LogP contribution in [0.2, 0.25) is 0 Å². The van der Waals surface area contributed by atoms with Crippen LogP contribution in [0, 0.1) is 12.8 Å². The van der Waals surface area contributed by atoms with Crippen LogP contribution in [0.1, 0.15) is 48.1 Å². The zero-order valence-corrected chi connectivity index (χ0v) is 18.3. The summed E-state index contributed by atoms with van der Waals surface area (Å²) in [6.45, 7) is 1.96. The van der Waals surface area contributed by atoms with E-state index < -0.39 is 11.8 Å². The van der Waals surface area contributed by atoms with Gasteiger partial charge in [-0.05, 0) is 12.5 Å². The van der Waals surface area contributed by atoms with E-state index in [9.17, 15) is 14.4 Å². The molecule has 162 valence electrons. The number of rotatable bonds is 8. The van der Waals surface area contributed by atoms with Gasteiger partial charge in [0.25, 0.3) is 0 Å². The van der Waals surface area contributed by atoms with Gasteiger partial charge >= 0.3 is 0 Å². The van der Waals surface area contributed by atoms with Crippen molar-refractivity contribution in [3.05, 3.63) is 143 Å². The Morgan fingerprint density at radius 2 is 0.848 bits per heavy atom. The molecule has 0 radical (unpaired) electrons. The Bertz CT molecular complexity index is 1190. The predicted octanol–water partition coefficient (Wildman–Crippen LogP) is 6.34. The molecule has 0 fully saturated rings. The molecule has 0 bridgehead atoms. The Morgan fingerprint density at radius 3 is 1.24 bits per heavy atom. The summed E-state index contributed by atoms with van der Waals surface area (Å²) in [6.07, 6.45) is 0. The normalized spacial score (nSPS) is 11.7. The van der Waals surface area contributed by atoms with Gasteiger partial charge in [0, 0.05) is 16.7 Å². The lowest BCUT2D eigenvalue weighted by Gasteiger charge is -2.25. The van der Waals surface area contributed by atoms with Crippen LogP contribution in [0.25, 0.3) is 0 Å². The molecule has 4 rings (SSSR count). The monoisotopic (exact) mass is 432 g/mol. The maximum absolute atomic E-state index is 13.8. The Labute approximate surface area is 193 Å². The van der Waals surface area contributed by atoms with Gasteiger partial charge in [0.1, 0.15) is 0 Å². The minimum atomic E-state index is -1.19. The lowest BCUT2D eigenvalue weighted by Crippen LogP contribution is -2.35. The lowest BCUT2D eigenvalue weighted by atomic mass is 9.73. The first-order valence-electron chi connectivity index (χ1n) is 10.9. The van der Waals surface area contributed by atoms with Gasteiger partial charge < -0.3 is 0 Å². The van der Waals surface area contributed by atoms with E-state index in [2.05, 4.69) is 0 Å². The van der Waals surface area contributed by atoms with E-state index >= 15 is 0 Å². The van der Waals surface area contributed by atoms with Crippen molar-refractivity contribution in [3.8, 4) is 0 Å². The molecule has 0 N–H and O–H groups in total. The van der Waals surface area contributed by atoms with E-state index in [0.717, 1.165) is 5.56 Å². The molecule has 3 nitrogen and oxygen atoms in total. The number of ketones is 3. The van der Waals surface area contributed by atoms with E-state index in [0.29, 0.717) is 22.3 Å². The molecule has 0 amide bonds. The van der Waals surface area contributed by atoms with Gasteiger partial charge in [0.2, 0.25) is 0 Å². The van der Waals surface area contributed by atoms with E-state index in [1.807, 2.05) is 49.4 Å². The summed E-state index contributed by atoms with van der Waals surface area (Å²) in [5.74, 6) is -3.12. The summed E-state index contributed by atoms with van der Waals surface area (Å²) in [4.78, 5) is 41.4. The molecular formula is C30H24O3. The fraction of sp³-hybridized carbons (Fsp3) is 0.100. The van der Waals surface area contributed by atoms with Gasteiger partial charge in [-0.1, -0.05) is 121 Å². The van der Waals surface area contributed by atoms with Crippen LogP contribution < -0.4 is 0 Å². The molecule has 1 atom stereocenters. The second-order valence-electron chi connectivity index (χ2n) is 8.06. The number of Topliss-reactive ketones (excluding diaryl/α,β-unsaturated/α-hetero) is 3. The van der Waals surface area contributed by atoms with E-state index in [1.165, 1.54) is 0 Å². The minimum Gasteiger partial charge on any atom is -0.293 e. The van der Waals surface area contributed by atoms with Crippen molar-refractivity contribution in [1.29, 1.82) is 0 Å². The number of carbonyl (C=O) groups excluding carboxylic acids is 3. The molecule has 0 spiro atoms. The SMILES string of the molecule is Cc1ccc(C(C(=O)c2ccccc2)C(C(=O)c2ccccc2)C(=O)c2ccccc2)cc1. The first-order chi connectivity index (χ1) is 16.1. The fourth-order valence-electron chi connectivity index (χ4n) is 4.04. The maximum atomic E-state index is 13.8. The Balaban J connectivity index is 1.90. The smallest absolute Gasteiger partial charge is 0.174 e. The third-order valence-corrected chi connectivity index (χ3v) is 5.79. The summed E-state index contributed by atoms with van der Waals surface area (Å²) in [7, 11) is 0. The van der Waals surface area contributed by atoms with Crippen LogP contribution in [-0.2, 0) is 0 Å². The van der Waals surface area contributed by atoms with Gasteiger partial charge in [0.05, 0.1) is 11.8 Å². The topological polar surface area (TPSA) is 51.2 Å². The Morgan fingerprint density at radius 1 is 0.485 bits per heavy atom. The standard InChI is InChI=1S/C30H24O3/c1-21-17-19-22(20-18-21)26(28(31)23-11-5-2-6-12-23)27(29(32)24-13-7-3-8-14-24)30(33)25-15-9-4-10-16-25/h2-20,26-27H,1H3. The molecular weight excluding hydrogens is 408 g/mol. The predicted molar refractivity (Wildman–Crippen MR) is 130 cm³/mol. The molecule has 0 saturated heterocycles. The highest BCUT2D eigenvalue weighted by atomic mass is 16.2. The summed E-state index contributed by atoms with van der Waals surface area (Å²) >= 11 is 0. The van der Waals surface area contributed by atoms with Crippen molar-refractivity contribution < 1.29 is 14.4 Å². The zero-order chi connectivity index (χ0) is 23.2. The van der Waals surface area contributed by atoms with Crippen molar-refractivity contribution in [2.75, 3.05) is 0 Å². The van der Waals surface area contributed by atoms with Gasteiger partial charge in [-0.2, -0.15) is 0 Å². The third-order valence-electron chi connectivity index (χ3n) is 5.79. The number of aryl methyl sites for hydroxylation is 1. The first kappa shape index (κ1) is 22.1. The molecule has 4 aromatic rings. The molecule has 0 aliphatic carbocycles. The minimum absolute atomic E-state index is 0.252. The number of hydrogen-bond acceptors (Lipinski definition) is 3. The second-order valence-corrected chi connectivity index (χ2v) is 8.06. The van der Waals surface area contributed by atoms with Crippen LogP contribution in [-0.4, -0.2) is 17.3 Å². The molecule has 0 aromatic heterocycles. The fourth-order valence-corrected chi connectivity index (χ4v) is 4.04. The summed E-state index contributed by atoms with van der Waals surface area (Å²) in [5, 5.41) is 0. The number of carbonyl (C=O) groups is 3. The molecule has 33 heavy (non-hydrogen) atoms. The Hall–Kier alpha value is -4.11. The van der Waals surface area contributed by atoms with Crippen molar-refractivity contribution in [3.63, 3.8) is 0 Å². The summed E-state index contributed by atoms with van der Waals surface area (Å²) in [5.41, 5.74) is 2.96. The van der Waals surface area contributed by atoms with Crippen LogP contribution in [0.15, 0.2) is 115 Å².